The molecule has 2 aromatic carbocycles. The number of rotatable bonds is 5. The van der Waals surface area contributed by atoms with Crippen molar-refractivity contribution in [3.8, 4) is 0 Å². The zero-order valence-electron chi connectivity index (χ0n) is 11.6. The lowest BCUT2D eigenvalue weighted by atomic mass is 10.1. The molecule has 0 fully saturated rings. The third kappa shape index (κ3) is 4.65. The minimum Gasteiger partial charge on any atom is -0.370 e. The second-order valence-electron chi connectivity index (χ2n) is 4.60. The van der Waals surface area contributed by atoms with Crippen molar-refractivity contribution >= 4 is 11.9 Å². The first-order valence-corrected chi connectivity index (χ1v) is 6.61. The normalized spacial score (nSPS) is 11.1. The average molecular weight is 282 g/mol. The molecule has 5 nitrogen and oxygen atoms in total. The summed E-state index contributed by atoms with van der Waals surface area (Å²) in [5.41, 5.74) is 13.6. The van der Waals surface area contributed by atoms with E-state index in [9.17, 15) is 4.79 Å². The van der Waals surface area contributed by atoms with Crippen LogP contribution in [0, 0.1) is 0 Å². The lowest BCUT2D eigenvalue weighted by Crippen LogP contribution is -2.31. The fourth-order valence-electron chi connectivity index (χ4n) is 1.80. The van der Waals surface area contributed by atoms with Gasteiger partial charge < -0.3 is 16.8 Å². The molecule has 0 atom stereocenters. The summed E-state index contributed by atoms with van der Waals surface area (Å²) in [7, 11) is 0. The van der Waals surface area contributed by atoms with E-state index in [0.29, 0.717) is 24.6 Å². The molecular formula is C16H18N4O. The summed E-state index contributed by atoms with van der Waals surface area (Å²) in [5.74, 6) is -0.0451. The van der Waals surface area contributed by atoms with Crippen LogP contribution in [-0.2, 0) is 13.1 Å². The monoisotopic (exact) mass is 282 g/mol. The number of guanidine groups is 1. The predicted octanol–water partition coefficient (Wildman–Crippen LogP) is 1.39. The maximum absolute atomic E-state index is 11.0. The van der Waals surface area contributed by atoms with Gasteiger partial charge in [-0.1, -0.05) is 42.5 Å². The molecule has 108 valence electrons. The number of nitrogens with one attached hydrogen (secondary N) is 1. The Morgan fingerprint density at radius 2 is 1.62 bits per heavy atom. The Morgan fingerprint density at radius 3 is 2.24 bits per heavy atom. The maximum atomic E-state index is 11.0. The van der Waals surface area contributed by atoms with E-state index in [-0.39, 0.29) is 0 Å². The Hall–Kier alpha value is -2.82. The summed E-state index contributed by atoms with van der Waals surface area (Å²) in [6, 6.07) is 16.9. The summed E-state index contributed by atoms with van der Waals surface area (Å²) >= 11 is 0. The topological polar surface area (TPSA) is 93.5 Å². The minimum absolute atomic E-state index is 0.387. The molecule has 0 spiro atoms. The molecule has 0 saturated carbocycles. The first-order valence-electron chi connectivity index (χ1n) is 6.61. The van der Waals surface area contributed by atoms with Gasteiger partial charge >= 0.3 is 0 Å². The number of nitrogens with two attached hydrogens (primary N) is 2. The Bertz CT molecular complexity index is 620. The number of hydrogen-bond acceptors (Lipinski definition) is 2. The zero-order valence-corrected chi connectivity index (χ0v) is 11.6. The van der Waals surface area contributed by atoms with Crippen LogP contribution in [0.1, 0.15) is 21.5 Å². The van der Waals surface area contributed by atoms with Gasteiger partial charge in [0.2, 0.25) is 5.91 Å². The van der Waals surface area contributed by atoms with E-state index in [2.05, 4.69) is 10.3 Å². The molecule has 2 rings (SSSR count). The van der Waals surface area contributed by atoms with Gasteiger partial charge in [-0.25, -0.2) is 4.99 Å². The second kappa shape index (κ2) is 7.09. The number of aliphatic imine (C=N–C) groups is 1. The van der Waals surface area contributed by atoms with Crippen molar-refractivity contribution < 1.29 is 4.79 Å². The third-order valence-corrected chi connectivity index (χ3v) is 2.99. The number of nitrogens with zero attached hydrogens (tertiary/aromatic N) is 1. The van der Waals surface area contributed by atoms with Crippen molar-refractivity contribution in [2.45, 2.75) is 13.1 Å². The van der Waals surface area contributed by atoms with Crippen LogP contribution >= 0.6 is 0 Å². The van der Waals surface area contributed by atoms with E-state index in [1.807, 2.05) is 42.5 Å². The van der Waals surface area contributed by atoms with E-state index in [1.165, 1.54) is 0 Å². The largest absolute Gasteiger partial charge is 0.370 e. The molecule has 21 heavy (non-hydrogen) atoms. The molecule has 1 amide bonds. The van der Waals surface area contributed by atoms with Gasteiger partial charge in [-0.2, -0.15) is 0 Å². The molecule has 0 bridgehead atoms. The number of hydrogen-bond donors (Lipinski definition) is 3. The fraction of sp³-hybridized carbons (Fsp3) is 0.125. The Kier molecular flexibility index (Phi) is 4.93. The highest BCUT2D eigenvalue weighted by Gasteiger charge is 2.00. The van der Waals surface area contributed by atoms with Crippen LogP contribution in [0.25, 0.3) is 0 Å². The van der Waals surface area contributed by atoms with Crippen molar-refractivity contribution in [1.82, 2.24) is 5.32 Å². The van der Waals surface area contributed by atoms with Crippen molar-refractivity contribution in [3.63, 3.8) is 0 Å². The van der Waals surface area contributed by atoms with Crippen LogP contribution in [-0.4, -0.2) is 11.9 Å². The molecule has 0 aliphatic heterocycles. The number of carbonyl (C=O) groups excluding carboxylic acids is 1. The molecule has 0 aliphatic rings. The van der Waals surface area contributed by atoms with E-state index < -0.39 is 5.91 Å². The van der Waals surface area contributed by atoms with Crippen molar-refractivity contribution in [1.29, 1.82) is 0 Å². The highest BCUT2D eigenvalue weighted by atomic mass is 16.1. The maximum Gasteiger partial charge on any atom is 0.248 e. The Balaban J connectivity index is 1.85. The van der Waals surface area contributed by atoms with Gasteiger partial charge in [0.1, 0.15) is 0 Å². The van der Waals surface area contributed by atoms with E-state index in [1.54, 1.807) is 12.1 Å². The van der Waals surface area contributed by atoms with Crippen LogP contribution in [0.2, 0.25) is 0 Å². The number of primary amides is 1. The van der Waals surface area contributed by atoms with Crippen LogP contribution in [0.3, 0.4) is 0 Å². The van der Waals surface area contributed by atoms with Crippen molar-refractivity contribution in [3.05, 3.63) is 71.3 Å². The fourth-order valence-corrected chi connectivity index (χ4v) is 1.80. The van der Waals surface area contributed by atoms with Gasteiger partial charge in [-0.15, -0.1) is 0 Å². The molecule has 0 aliphatic carbocycles. The summed E-state index contributed by atoms with van der Waals surface area (Å²) < 4.78 is 0. The van der Waals surface area contributed by atoms with Crippen LogP contribution in [0.5, 0.6) is 0 Å². The number of benzene rings is 2. The van der Waals surface area contributed by atoms with Gasteiger partial charge in [0.15, 0.2) is 5.96 Å². The molecular weight excluding hydrogens is 264 g/mol. The van der Waals surface area contributed by atoms with E-state index >= 15 is 0 Å². The second-order valence-corrected chi connectivity index (χ2v) is 4.60. The first-order chi connectivity index (χ1) is 10.1. The standard InChI is InChI=1S/C16H18N4O/c17-15(21)14-8-6-13(7-9-14)11-20-16(18)19-10-12-4-2-1-3-5-12/h1-9H,10-11H2,(H2,17,21)(H3,18,19,20). The average Bonchev–Trinajstić information content (AvgIpc) is 2.52. The molecule has 2 aromatic rings. The van der Waals surface area contributed by atoms with Crippen LogP contribution in [0.15, 0.2) is 59.6 Å². The zero-order chi connectivity index (χ0) is 15.1. The number of amides is 1. The first kappa shape index (κ1) is 14.6. The summed E-state index contributed by atoms with van der Waals surface area (Å²) in [6.45, 7) is 1.09. The summed E-state index contributed by atoms with van der Waals surface area (Å²) in [5, 5.41) is 3.03. The predicted molar refractivity (Wildman–Crippen MR) is 83.6 cm³/mol. The SMILES string of the molecule is NC(=O)c1ccc(CNC(N)=NCc2ccccc2)cc1. The summed E-state index contributed by atoms with van der Waals surface area (Å²) in [4.78, 5) is 15.2. The molecule has 0 saturated heterocycles. The Labute approximate surface area is 123 Å². The van der Waals surface area contributed by atoms with Gasteiger partial charge in [-0.3, -0.25) is 4.79 Å². The van der Waals surface area contributed by atoms with Crippen molar-refractivity contribution in [2.24, 2.45) is 16.5 Å². The molecule has 0 heterocycles. The highest BCUT2D eigenvalue weighted by molar-refractivity contribution is 5.92. The minimum atomic E-state index is -0.432. The van der Waals surface area contributed by atoms with Gasteiger partial charge in [0.05, 0.1) is 6.54 Å². The lowest BCUT2D eigenvalue weighted by molar-refractivity contribution is 0.100. The molecule has 5 N–H and O–H groups in total. The number of carbonyl (C=O) groups is 1. The summed E-state index contributed by atoms with van der Waals surface area (Å²) in [6.07, 6.45) is 0. The van der Waals surface area contributed by atoms with Crippen LogP contribution in [0.4, 0.5) is 0 Å². The van der Waals surface area contributed by atoms with Gasteiger partial charge in [0.25, 0.3) is 0 Å². The van der Waals surface area contributed by atoms with Crippen LogP contribution < -0.4 is 16.8 Å². The van der Waals surface area contributed by atoms with Crippen molar-refractivity contribution in [2.75, 3.05) is 0 Å². The van der Waals surface area contributed by atoms with E-state index in [4.69, 9.17) is 11.5 Å². The Morgan fingerprint density at radius 1 is 0.952 bits per heavy atom. The highest BCUT2D eigenvalue weighted by Crippen LogP contribution is 2.03. The molecule has 0 radical (unpaired) electrons. The van der Waals surface area contributed by atoms with Gasteiger partial charge in [0, 0.05) is 12.1 Å². The van der Waals surface area contributed by atoms with E-state index in [0.717, 1.165) is 11.1 Å². The molecule has 0 unspecified atom stereocenters. The molecule has 5 heteroatoms. The quantitative estimate of drug-likeness (QED) is 0.571. The smallest absolute Gasteiger partial charge is 0.248 e. The lowest BCUT2D eigenvalue weighted by Gasteiger charge is -2.06. The third-order valence-electron chi connectivity index (χ3n) is 2.99. The van der Waals surface area contributed by atoms with Gasteiger partial charge in [-0.05, 0) is 23.3 Å². The molecule has 0 aromatic heterocycles.